The summed E-state index contributed by atoms with van der Waals surface area (Å²) in [6.45, 7) is 0. The summed E-state index contributed by atoms with van der Waals surface area (Å²) >= 11 is 7.67. The molecule has 0 bridgehead atoms. The van der Waals surface area contributed by atoms with Crippen molar-refractivity contribution >= 4 is 46.3 Å². The van der Waals surface area contributed by atoms with Crippen LogP contribution in [0.2, 0.25) is 5.02 Å². The molecule has 0 aromatic heterocycles. The number of hydrazone groups is 1. The second-order valence-corrected chi connectivity index (χ2v) is 8.78. The molecule has 0 saturated heterocycles. The molecule has 0 aliphatic carbocycles. The molecule has 4 rings (SSSR count). The number of halogens is 1. The number of amides is 1. The van der Waals surface area contributed by atoms with Crippen molar-refractivity contribution in [3.63, 3.8) is 0 Å². The van der Waals surface area contributed by atoms with Crippen LogP contribution in [0.1, 0.15) is 27.0 Å². The number of hydrogen-bond donors (Lipinski definition) is 3. The van der Waals surface area contributed by atoms with Crippen molar-refractivity contribution < 1.29 is 15.0 Å². The molecule has 0 heterocycles. The number of fused-ring (bicyclic) bond motifs is 1. The van der Waals surface area contributed by atoms with Crippen molar-refractivity contribution in [2.45, 2.75) is 11.5 Å². The van der Waals surface area contributed by atoms with Gasteiger partial charge in [0, 0.05) is 22.6 Å². The summed E-state index contributed by atoms with van der Waals surface area (Å²) in [5, 5.41) is 25.3. The van der Waals surface area contributed by atoms with Gasteiger partial charge in [-0.2, -0.15) is 16.9 Å². The van der Waals surface area contributed by atoms with E-state index in [2.05, 4.69) is 22.7 Å². The Morgan fingerprint density at radius 1 is 0.939 bits per heavy atom. The highest BCUT2D eigenvalue weighted by Gasteiger charge is 2.08. The zero-order valence-corrected chi connectivity index (χ0v) is 19.1. The Labute approximate surface area is 200 Å². The van der Waals surface area contributed by atoms with Gasteiger partial charge < -0.3 is 10.2 Å². The van der Waals surface area contributed by atoms with Gasteiger partial charge in [-0.05, 0) is 52.2 Å². The molecule has 5 nitrogen and oxygen atoms in total. The monoisotopic (exact) mass is 476 g/mol. The van der Waals surface area contributed by atoms with Crippen LogP contribution in [0, 0.1) is 0 Å². The van der Waals surface area contributed by atoms with E-state index in [0.717, 1.165) is 33.4 Å². The summed E-state index contributed by atoms with van der Waals surface area (Å²) < 4.78 is 0. The number of carbonyl (C=O) groups excluding carboxylic acids is 1. The van der Waals surface area contributed by atoms with Crippen molar-refractivity contribution in [1.82, 2.24) is 5.43 Å². The van der Waals surface area contributed by atoms with E-state index >= 15 is 0 Å². The van der Waals surface area contributed by atoms with Crippen molar-refractivity contribution in [3.8, 4) is 11.5 Å². The lowest BCUT2D eigenvalue weighted by molar-refractivity contribution is 0.0955. The van der Waals surface area contributed by atoms with Crippen LogP contribution in [0.3, 0.4) is 0 Å². The van der Waals surface area contributed by atoms with Crippen LogP contribution >= 0.6 is 23.4 Å². The molecule has 0 radical (unpaired) electrons. The SMILES string of the molecule is O=C(N/N=C/c1cccc2c(CSCc3ccc(O)cc3)cccc12)c1ccc(O)c(Cl)c1. The maximum absolute atomic E-state index is 12.3. The molecule has 0 aliphatic heterocycles. The molecule has 4 aromatic carbocycles. The third-order valence-corrected chi connectivity index (χ3v) is 6.44. The Balaban J connectivity index is 1.45. The number of rotatable bonds is 7. The highest BCUT2D eigenvalue weighted by atomic mass is 35.5. The van der Waals surface area contributed by atoms with Gasteiger partial charge in [0.1, 0.15) is 11.5 Å². The summed E-state index contributed by atoms with van der Waals surface area (Å²) in [5.74, 6) is 1.47. The van der Waals surface area contributed by atoms with Gasteiger partial charge in [0.05, 0.1) is 11.2 Å². The van der Waals surface area contributed by atoms with Gasteiger partial charge in [-0.3, -0.25) is 4.79 Å². The first-order chi connectivity index (χ1) is 16.0. The number of hydrogen-bond acceptors (Lipinski definition) is 5. The number of nitrogens with one attached hydrogen (secondary N) is 1. The molecule has 166 valence electrons. The van der Waals surface area contributed by atoms with Gasteiger partial charge >= 0.3 is 0 Å². The average Bonchev–Trinajstić information content (AvgIpc) is 2.82. The summed E-state index contributed by atoms with van der Waals surface area (Å²) in [6, 6.07) is 23.7. The molecule has 4 aromatic rings. The second kappa shape index (κ2) is 10.4. The van der Waals surface area contributed by atoms with Gasteiger partial charge in [-0.15, -0.1) is 0 Å². The first-order valence-corrected chi connectivity index (χ1v) is 11.7. The van der Waals surface area contributed by atoms with Crippen molar-refractivity contribution in [3.05, 3.63) is 106 Å². The third kappa shape index (κ3) is 5.66. The van der Waals surface area contributed by atoms with Crippen molar-refractivity contribution in [1.29, 1.82) is 0 Å². The van der Waals surface area contributed by atoms with E-state index in [1.807, 2.05) is 36.4 Å². The summed E-state index contributed by atoms with van der Waals surface area (Å²) in [5.41, 5.74) is 6.08. The van der Waals surface area contributed by atoms with E-state index in [4.69, 9.17) is 11.6 Å². The number of carbonyl (C=O) groups is 1. The molecule has 0 spiro atoms. The Morgan fingerprint density at radius 3 is 2.48 bits per heavy atom. The van der Waals surface area contributed by atoms with E-state index < -0.39 is 5.91 Å². The maximum atomic E-state index is 12.3. The molecule has 0 fully saturated rings. The normalized spacial score (nSPS) is 11.2. The maximum Gasteiger partial charge on any atom is 0.271 e. The number of thioether (sulfide) groups is 1. The lowest BCUT2D eigenvalue weighted by Crippen LogP contribution is -2.17. The van der Waals surface area contributed by atoms with Gasteiger partial charge in [0.15, 0.2) is 0 Å². The molecule has 0 unspecified atom stereocenters. The van der Waals surface area contributed by atoms with Crippen LogP contribution in [-0.2, 0) is 11.5 Å². The standard InChI is InChI=1S/C26H21ClN2O3S/c27-24-13-18(9-12-25(24)31)26(32)29-28-14-19-3-1-6-23-20(4-2-5-22(19)23)16-33-15-17-7-10-21(30)11-8-17/h1-14,30-31H,15-16H2,(H,29,32)/b28-14+. The first kappa shape index (κ1) is 22.7. The van der Waals surface area contributed by atoms with Crippen molar-refractivity contribution in [2.75, 3.05) is 0 Å². The van der Waals surface area contributed by atoms with Crippen LogP contribution in [0.5, 0.6) is 11.5 Å². The number of phenols is 2. The number of phenolic OH excluding ortho intramolecular Hbond substituents is 2. The molecule has 7 heteroatoms. The molecular weight excluding hydrogens is 456 g/mol. The number of aromatic hydroxyl groups is 2. The molecule has 0 aliphatic rings. The van der Waals surface area contributed by atoms with E-state index in [9.17, 15) is 15.0 Å². The fraction of sp³-hybridized carbons (Fsp3) is 0.0769. The zero-order chi connectivity index (χ0) is 23.2. The highest BCUT2D eigenvalue weighted by molar-refractivity contribution is 7.97. The molecule has 1 amide bonds. The summed E-state index contributed by atoms with van der Waals surface area (Å²) in [4.78, 5) is 12.3. The predicted molar refractivity (Wildman–Crippen MR) is 135 cm³/mol. The number of benzene rings is 4. The largest absolute Gasteiger partial charge is 0.508 e. The van der Waals surface area contributed by atoms with Gasteiger partial charge in [-0.1, -0.05) is 60.1 Å². The van der Waals surface area contributed by atoms with Gasteiger partial charge in [-0.25, -0.2) is 5.43 Å². The van der Waals surface area contributed by atoms with E-state index in [1.54, 1.807) is 30.1 Å². The Bertz CT molecular complexity index is 1320. The first-order valence-electron chi connectivity index (χ1n) is 10.2. The smallest absolute Gasteiger partial charge is 0.271 e. The van der Waals surface area contributed by atoms with Crippen LogP contribution in [-0.4, -0.2) is 22.3 Å². The Morgan fingerprint density at radius 2 is 1.70 bits per heavy atom. The molecule has 33 heavy (non-hydrogen) atoms. The van der Waals surface area contributed by atoms with Crippen LogP contribution < -0.4 is 5.43 Å². The minimum absolute atomic E-state index is 0.0792. The van der Waals surface area contributed by atoms with Crippen LogP contribution in [0.25, 0.3) is 10.8 Å². The van der Waals surface area contributed by atoms with Gasteiger partial charge in [0.25, 0.3) is 5.91 Å². The summed E-state index contributed by atoms with van der Waals surface area (Å²) in [7, 11) is 0. The van der Waals surface area contributed by atoms with Crippen molar-refractivity contribution in [2.24, 2.45) is 5.10 Å². The highest BCUT2D eigenvalue weighted by Crippen LogP contribution is 2.27. The van der Waals surface area contributed by atoms with Crippen LogP contribution in [0.15, 0.2) is 84.0 Å². The zero-order valence-electron chi connectivity index (χ0n) is 17.5. The lowest BCUT2D eigenvalue weighted by Gasteiger charge is -2.09. The fourth-order valence-corrected chi connectivity index (χ4v) is 4.56. The fourth-order valence-electron chi connectivity index (χ4n) is 3.38. The van der Waals surface area contributed by atoms with Crippen LogP contribution in [0.4, 0.5) is 0 Å². The second-order valence-electron chi connectivity index (χ2n) is 7.38. The third-order valence-electron chi connectivity index (χ3n) is 5.09. The minimum Gasteiger partial charge on any atom is -0.508 e. The Kier molecular flexibility index (Phi) is 7.17. The number of nitrogens with zero attached hydrogens (tertiary/aromatic N) is 1. The van der Waals surface area contributed by atoms with E-state index in [-0.39, 0.29) is 16.5 Å². The van der Waals surface area contributed by atoms with E-state index in [0.29, 0.717) is 5.56 Å². The predicted octanol–water partition coefficient (Wildman–Crippen LogP) is 6.10. The molecule has 0 atom stereocenters. The quantitative estimate of drug-likeness (QED) is 0.222. The summed E-state index contributed by atoms with van der Waals surface area (Å²) in [6.07, 6.45) is 1.62. The molecule has 0 saturated carbocycles. The minimum atomic E-state index is -0.417. The lowest BCUT2D eigenvalue weighted by atomic mass is 10.0. The molecule has 3 N–H and O–H groups in total. The van der Waals surface area contributed by atoms with Gasteiger partial charge in [0.2, 0.25) is 0 Å². The Hall–Kier alpha value is -3.48. The molecular formula is C26H21ClN2O3S. The van der Waals surface area contributed by atoms with E-state index in [1.165, 1.54) is 23.8 Å². The average molecular weight is 477 g/mol. The topological polar surface area (TPSA) is 81.9 Å².